The smallest absolute Gasteiger partial charge is 0.264 e. The molecule has 2 aromatic carbocycles. The Morgan fingerprint density at radius 3 is 2.57 bits per heavy atom. The highest BCUT2D eigenvalue weighted by atomic mass is 35.5. The lowest BCUT2D eigenvalue weighted by molar-refractivity contribution is -0.128. The number of rotatable bonds is 2. The van der Waals surface area contributed by atoms with Crippen LogP contribution in [-0.4, -0.2) is 49.7 Å². The van der Waals surface area contributed by atoms with E-state index in [-0.39, 0.29) is 23.3 Å². The normalized spacial score (nSPS) is 28.3. The molecular formula is C36H45ClN4O5S. The largest absolute Gasteiger partial charge is 0.487 e. The maximum atomic E-state index is 13.5. The van der Waals surface area contributed by atoms with Crippen LogP contribution in [0.1, 0.15) is 86.1 Å². The van der Waals surface area contributed by atoms with E-state index >= 15 is 0 Å². The van der Waals surface area contributed by atoms with E-state index in [0.717, 1.165) is 62.9 Å². The number of nitrogens with one attached hydrogen (secondary N) is 1. The fourth-order valence-corrected chi connectivity index (χ4v) is 9.10. The molecule has 0 saturated heterocycles. The van der Waals surface area contributed by atoms with Crippen molar-refractivity contribution in [3.05, 3.63) is 82.4 Å². The molecule has 9 nitrogen and oxygen atoms in total. The van der Waals surface area contributed by atoms with Crippen LogP contribution in [0.15, 0.2) is 54.9 Å². The number of amides is 1. The van der Waals surface area contributed by atoms with Crippen LogP contribution in [0.5, 0.6) is 5.75 Å². The number of fused-ring (bicyclic) bond motifs is 3. The lowest BCUT2D eigenvalue weighted by Gasteiger charge is -2.50. The second-order valence-electron chi connectivity index (χ2n) is 13.4. The molecule has 47 heavy (non-hydrogen) atoms. The van der Waals surface area contributed by atoms with E-state index in [1.54, 1.807) is 44.6 Å². The topological polar surface area (TPSA) is 111 Å². The summed E-state index contributed by atoms with van der Waals surface area (Å²) in [6.45, 7) is 5.43. The van der Waals surface area contributed by atoms with E-state index in [0.29, 0.717) is 36.0 Å². The number of anilines is 1. The SMILES string of the molecule is CO[C@@]1(c2ncccn2)CCC[C@H](C)[C@@H](C)S(=O)(=O)NC(=O)c2ccc3c(c2)N(CCCCc2cc(Cl)ccc2CO3)C[C@@H]2CC[C@H]21. The summed E-state index contributed by atoms with van der Waals surface area (Å²) in [5, 5.41) is -0.0616. The first-order valence-electron chi connectivity index (χ1n) is 16.8. The summed E-state index contributed by atoms with van der Waals surface area (Å²) in [6, 6.07) is 13.0. The first-order valence-corrected chi connectivity index (χ1v) is 18.7. The maximum Gasteiger partial charge on any atom is 0.264 e. The minimum absolute atomic E-state index is 0.166. The molecule has 252 valence electrons. The molecule has 1 amide bonds. The van der Waals surface area contributed by atoms with Gasteiger partial charge in [-0.15, -0.1) is 0 Å². The number of ether oxygens (including phenoxy) is 2. The van der Waals surface area contributed by atoms with Gasteiger partial charge >= 0.3 is 0 Å². The molecule has 3 aliphatic rings. The highest BCUT2D eigenvalue weighted by Gasteiger charge is 2.51. The summed E-state index contributed by atoms with van der Waals surface area (Å²) < 4.78 is 42.2. The summed E-state index contributed by atoms with van der Waals surface area (Å²) in [6.07, 6.45) is 10.4. The maximum absolute atomic E-state index is 13.5. The Labute approximate surface area is 283 Å². The third-order valence-electron chi connectivity index (χ3n) is 10.8. The van der Waals surface area contributed by atoms with Crippen molar-refractivity contribution in [1.29, 1.82) is 0 Å². The number of carbonyl (C=O) groups excluding carboxylic acids is 1. The Bertz CT molecular complexity index is 1690. The van der Waals surface area contributed by atoms with Crippen molar-refractivity contribution in [1.82, 2.24) is 14.7 Å². The molecule has 2 bridgehead atoms. The van der Waals surface area contributed by atoms with Crippen LogP contribution >= 0.6 is 11.6 Å². The second-order valence-corrected chi connectivity index (χ2v) is 15.9. The number of aryl methyl sites for hydroxylation is 1. The van der Waals surface area contributed by atoms with Gasteiger partial charge in [-0.3, -0.25) is 4.79 Å². The van der Waals surface area contributed by atoms with Crippen molar-refractivity contribution in [3.8, 4) is 5.75 Å². The number of aromatic nitrogens is 2. The minimum Gasteiger partial charge on any atom is -0.487 e. The molecule has 0 unspecified atom stereocenters. The Kier molecular flexibility index (Phi) is 10.1. The lowest BCUT2D eigenvalue weighted by atomic mass is 9.62. The standard InChI is InChI=1S/C36H45ClN4O5S/c1-24-8-6-16-36(45-3,35-38-17-7-18-39-35)31-14-11-28(31)22-41-19-5-4-9-26-20-30(37)13-10-29(26)23-46-33-15-12-27(21-32(33)41)34(42)40-47(43,44)25(24)2/h7,10,12-13,15,17-18,20-21,24-25,28,31H,4-6,8-9,11,14,16,19,22-23H2,1-3H3,(H,40,42)/t24-,25+,28-,31+,36-/m0/s1. The molecule has 0 radical (unpaired) electrons. The first-order chi connectivity index (χ1) is 22.6. The van der Waals surface area contributed by atoms with Crippen LogP contribution < -0.4 is 14.4 Å². The monoisotopic (exact) mass is 680 g/mol. The first kappa shape index (κ1) is 33.7. The quantitative estimate of drug-likeness (QED) is 0.319. The van der Waals surface area contributed by atoms with Crippen molar-refractivity contribution in [2.45, 2.75) is 82.7 Å². The van der Waals surface area contributed by atoms with Gasteiger partial charge in [-0.1, -0.05) is 24.6 Å². The van der Waals surface area contributed by atoms with E-state index in [4.69, 9.17) is 31.0 Å². The molecule has 3 heterocycles. The molecule has 1 aliphatic carbocycles. The number of hydrogen-bond acceptors (Lipinski definition) is 8. The van der Waals surface area contributed by atoms with Crippen LogP contribution in [-0.2, 0) is 33.4 Å². The van der Waals surface area contributed by atoms with Gasteiger partial charge in [-0.25, -0.2) is 23.1 Å². The predicted molar refractivity (Wildman–Crippen MR) is 183 cm³/mol. The van der Waals surface area contributed by atoms with E-state index in [1.165, 1.54) is 5.56 Å². The van der Waals surface area contributed by atoms with E-state index in [1.807, 2.05) is 31.2 Å². The van der Waals surface area contributed by atoms with Gasteiger partial charge in [0.15, 0.2) is 5.82 Å². The van der Waals surface area contributed by atoms with Crippen molar-refractivity contribution in [2.75, 3.05) is 25.1 Å². The Balaban J connectivity index is 1.43. The number of hydrogen-bond donors (Lipinski definition) is 1. The van der Waals surface area contributed by atoms with Gasteiger partial charge in [0.2, 0.25) is 10.0 Å². The average molecular weight is 681 g/mol. The zero-order chi connectivity index (χ0) is 33.2. The molecule has 11 heteroatoms. The third-order valence-corrected chi connectivity index (χ3v) is 12.9. The predicted octanol–water partition coefficient (Wildman–Crippen LogP) is 6.69. The molecule has 6 rings (SSSR count). The van der Waals surface area contributed by atoms with Crippen LogP contribution in [0.3, 0.4) is 0 Å². The van der Waals surface area contributed by atoms with Gasteiger partial charge in [0, 0.05) is 43.2 Å². The second kappa shape index (κ2) is 14.1. The fourth-order valence-electron chi connectivity index (χ4n) is 7.60. The fraction of sp³-hybridized carbons (Fsp3) is 0.528. The zero-order valence-corrected chi connectivity index (χ0v) is 29.0. The van der Waals surface area contributed by atoms with Gasteiger partial charge < -0.3 is 14.4 Å². The summed E-state index contributed by atoms with van der Waals surface area (Å²) in [5.74, 6) is 0.962. The van der Waals surface area contributed by atoms with Gasteiger partial charge in [0.1, 0.15) is 18.0 Å². The minimum atomic E-state index is -3.94. The molecule has 1 fully saturated rings. The highest BCUT2D eigenvalue weighted by Crippen LogP contribution is 2.51. The number of sulfonamides is 1. The number of methoxy groups -OCH3 is 1. The van der Waals surface area contributed by atoms with Gasteiger partial charge in [0.05, 0.1) is 10.9 Å². The Morgan fingerprint density at radius 2 is 1.83 bits per heavy atom. The average Bonchev–Trinajstić information content (AvgIpc) is 3.08. The third kappa shape index (κ3) is 7.01. The van der Waals surface area contributed by atoms with Gasteiger partial charge in [-0.05, 0) is 124 Å². The van der Waals surface area contributed by atoms with E-state index < -0.39 is 26.8 Å². The van der Waals surface area contributed by atoms with Crippen molar-refractivity contribution < 1.29 is 22.7 Å². The van der Waals surface area contributed by atoms with Crippen LogP contribution in [0, 0.1) is 17.8 Å². The van der Waals surface area contributed by atoms with Gasteiger partial charge in [-0.2, -0.15) is 0 Å². The molecule has 0 spiro atoms. The summed E-state index contributed by atoms with van der Waals surface area (Å²) >= 11 is 6.36. The molecule has 3 aromatic rings. The molecule has 5 atom stereocenters. The van der Waals surface area contributed by atoms with Crippen LogP contribution in [0.2, 0.25) is 5.02 Å². The van der Waals surface area contributed by atoms with E-state index in [9.17, 15) is 13.2 Å². The molecular weight excluding hydrogens is 636 g/mol. The van der Waals surface area contributed by atoms with Crippen LogP contribution in [0.4, 0.5) is 5.69 Å². The summed E-state index contributed by atoms with van der Waals surface area (Å²) in [5.41, 5.74) is 2.61. The lowest BCUT2D eigenvalue weighted by Crippen LogP contribution is -2.51. The van der Waals surface area contributed by atoms with Crippen molar-refractivity contribution in [2.24, 2.45) is 17.8 Å². The summed E-state index contributed by atoms with van der Waals surface area (Å²) in [4.78, 5) is 25.2. The number of benzene rings is 2. The Morgan fingerprint density at radius 1 is 1.02 bits per heavy atom. The Hall–Kier alpha value is -3.21. The van der Waals surface area contributed by atoms with Crippen LogP contribution in [0.25, 0.3) is 0 Å². The van der Waals surface area contributed by atoms with Crippen molar-refractivity contribution in [3.63, 3.8) is 0 Å². The van der Waals surface area contributed by atoms with Crippen molar-refractivity contribution >= 4 is 33.2 Å². The number of nitrogens with zero attached hydrogens (tertiary/aromatic N) is 3. The molecule has 1 saturated carbocycles. The zero-order valence-electron chi connectivity index (χ0n) is 27.5. The molecule has 2 aliphatic heterocycles. The highest BCUT2D eigenvalue weighted by molar-refractivity contribution is 7.90. The summed E-state index contributed by atoms with van der Waals surface area (Å²) in [7, 11) is -2.19. The number of halogens is 1. The van der Waals surface area contributed by atoms with Gasteiger partial charge in [0.25, 0.3) is 5.91 Å². The van der Waals surface area contributed by atoms with E-state index in [2.05, 4.69) is 9.62 Å². The molecule has 1 N–H and O–H groups in total. The molecule has 1 aromatic heterocycles. The number of carbonyl (C=O) groups is 1.